The number of nitrogens with zero attached hydrogens (tertiary/aromatic N) is 3. The molecule has 0 amide bonds. The topological polar surface area (TPSA) is 47.1 Å². The van der Waals surface area contributed by atoms with Crippen molar-refractivity contribution in [3.8, 4) is 0 Å². The lowest BCUT2D eigenvalue weighted by atomic mass is 9.72. The van der Waals surface area contributed by atoms with Crippen molar-refractivity contribution in [3.05, 3.63) is 18.2 Å². The molecule has 2 N–H and O–H groups in total. The van der Waals surface area contributed by atoms with Crippen molar-refractivity contribution in [1.82, 2.24) is 14.5 Å². The first-order chi connectivity index (χ1) is 8.76. The van der Waals surface area contributed by atoms with Gasteiger partial charge in [-0.15, -0.1) is 0 Å². The van der Waals surface area contributed by atoms with Crippen LogP contribution in [-0.4, -0.2) is 33.1 Å². The Morgan fingerprint density at radius 3 is 3.11 bits per heavy atom. The molecule has 2 unspecified atom stereocenters. The molecule has 0 saturated heterocycles. The first-order valence-electron chi connectivity index (χ1n) is 7.21. The van der Waals surface area contributed by atoms with E-state index in [4.69, 9.17) is 5.73 Å². The summed E-state index contributed by atoms with van der Waals surface area (Å²) in [6.45, 7) is 6.31. The molecule has 2 aliphatic rings. The van der Waals surface area contributed by atoms with E-state index in [1.807, 2.05) is 6.20 Å². The largest absolute Gasteiger partial charge is 0.333 e. The Balaban J connectivity index is 1.85. The van der Waals surface area contributed by atoms with Crippen molar-refractivity contribution in [1.29, 1.82) is 0 Å². The summed E-state index contributed by atoms with van der Waals surface area (Å²) in [6.07, 6.45) is 9.27. The van der Waals surface area contributed by atoms with Gasteiger partial charge in [0, 0.05) is 37.6 Å². The fourth-order valence-corrected chi connectivity index (χ4v) is 3.85. The minimum Gasteiger partial charge on any atom is -0.333 e. The third-order valence-corrected chi connectivity index (χ3v) is 5.14. The van der Waals surface area contributed by atoms with Gasteiger partial charge in [0.1, 0.15) is 5.82 Å². The molecule has 1 aromatic heterocycles. The van der Waals surface area contributed by atoms with Crippen molar-refractivity contribution < 1.29 is 0 Å². The second-order valence-electron chi connectivity index (χ2n) is 5.91. The van der Waals surface area contributed by atoms with Gasteiger partial charge in [0.2, 0.25) is 0 Å². The Labute approximate surface area is 109 Å². The van der Waals surface area contributed by atoms with Crippen LogP contribution in [0.2, 0.25) is 0 Å². The van der Waals surface area contributed by atoms with E-state index >= 15 is 0 Å². The average Bonchev–Trinajstić information content (AvgIpc) is 2.87. The van der Waals surface area contributed by atoms with Crippen LogP contribution in [0.3, 0.4) is 0 Å². The molecule has 0 spiro atoms. The fourth-order valence-electron chi connectivity index (χ4n) is 3.85. The highest BCUT2D eigenvalue weighted by Gasteiger charge is 2.43. The molecule has 1 saturated carbocycles. The normalized spacial score (nSPS) is 33.3. The highest BCUT2D eigenvalue weighted by atomic mass is 15.3. The zero-order valence-corrected chi connectivity index (χ0v) is 11.3. The Hall–Kier alpha value is -0.870. The lowest BCUT2D eigenvalue weighted by Gasteiger charge is -2.51. The van der Waals surface area contributed by atoms with Gasteiger partial charge in [-0.1, -0.05) is 19.8 Å². The highest BCUT2D eigenvalue weighted by molar-refractivity contribution is 5.04. The quantitative estimate of drug-likeness (QED) is 0.865. The van der Waals surface area contributed by atoms with Gasteiger partial charge in [-0.3, -0.25) is 4.90 Å². The smallest absolute Gasteiger partial charge is 0.122 e. The van der Waals surface area contributed by atoms with Gasteiger partial charge in [0.05, 0.1) is 6.54 Å². The molecular formula is C14H24N4. The predicted octanol–water partition coefficient (Wildman–Crippen LogP) is 1.61. The third kappa shape index (κ3) is 1.79. The minimum absolute atomic E-state index is 0.218. The second-order valence-corrected chi connectivity index (χ2v) is 5.91. The third-order valence-electron chi connectivity index (χ3n) is 5.14. The number of imidazole rings is 1. The molecule has 2 atom stereocenters. The Bertz CT molecular complexity index is 414. The highest BCUT2D eigenvalue weighted by Crippen LogP contribution is 2.39. The molecule has 18 heavy (non-hydrogen) atoms. The summed E-state index contributed by atoms with van der Waals surface area (Å²) in [7, 11) is 0. The van der Waals surface area contributed by atoms with Gasteiger partial charge in [0.15, 0.2) is 0 Å². The number of hydrogen-bond acceptors (Lipinski definition) is 3. The average molecular weight is 248 g/mol. The fraction of sp³-hybridized carbons (Fsp3) is 0.786. The van der Waals surface area contributed by atoms with Crippen molar-refractivity contribution in [2.24, 2.45) is 11.7 Å². The van der Waals surface area contributed by atoms with Gasteiger partial charge < -0.3 is 10.3 Å². The standard InChI is InChI=1S/C14H24N4/c1-12-4-2-3-5-14(12,11-15)18-9-8-17-7-6-16-13(17)10-18/h6-7,12H,2-5,8-11,15H2,1H3. The molecule has 0 aromatic carbocycles. The van der Waals surface area contributed by atoms with Crippen LogP contribution < -0.4 is 5.73 Å². The molecule has 0 bridgehead atoms. The first-order valence-corrected chi connectivity index (χ1v) is 7.21. The summed E-state index contributed by atoms with van der Waals surface area (Å²) in [6, 6.07) is 0. The van der Waals surface area contributed by atoms with Crippen LogP contribution in [0.25, 0.3) is 0 Å². The van der Waals surface area contributed by atoms with E-state index in [1.165, 1.54) is 31.5 Å². The van der Waals surface area contributed by atoms with Crippen molar-refractivity contribution in [2.75, 3.05) is 13.1 Å². The maximum Gasteiger partial charge on any atom is 0.122 e. The number of aromatic nitrogens is 2. The van der Waals surface area contributed by atoms with Crippen molar-refractivity contribution in [2.45, 2.75) is 51.2 Å². The molecule has 1 aromatic rings. The SMILES string of the molecule is CC1CCCCC1(CN)N1CCn2ccnc2C1. The first kappa shape index (κ1) is 12.2. The molecule has 100 valence electrons. The molecule has 1 aliphatic heterocycles. The van der Waals surface area contributed by atoms with E-state index in [-0.39, 0.29) is 5.54 Å². The van der Waals surface area contributed by atoms with Gasteiger partial charge in [0.25, 0.3) is 0 Å². The van der Waals surface area contributed by atoms with E-state index in [0.717, 1.165) is 26.2 Å². The monoisotopic (exact) mass is 248 g/mol. The molecule has 0 radical (unpaired) electrons. The minimum atomic E-state index is 0.218. The molecule has 3 rings (SSSR count). The zero-order valence-electron chi connectivity index (χ0n) is 11.3. The van der Waals surface area contributed by atoms with E-state index in [2.05, 4.69) is 27.6 Å². The number of nitrogens with two attached hydrogens (primary N) is 1. The summed E-state index contributed by atoms with van der Waals surface area (Å²) in [5.41, 5.74) is 6.40. The van der Waals surface area contributed by atoms with Crippen LogP contribution in [0.4, 0.5) is 0 Å². The number of fused-ring (bicyclic) bond motifs is 1. The Morgan fingerprint density at radius 2 is 2.33 bits per heavy atom. The molecule has 2 heterocycles. The van der Waals surface area contributed by atoms with Gasteiger partial charge in [-0.25, -0.2) is 4.98 Å². The summed E-state index contributed by atoms with van der Waals surface area (Å²) in [4.78, 5) is 7.08. The van der Waals surface area contributed by atoms with Crippen molar-refractivity contribution in [3.63, 3.8) is 0 Å². The second kappa shape index (κ2) is 4.67. The van der Waals surface area contributed by atoms with Gasteiger partial charge in [-0.2, -0.15) is 0 Å². The van der Waals surface area contributed by atoms with Crippen molar-refractivity contribution >= 4 is 0 Å². The van der Waals surface area contributed by atoms with E-state index in [9.17, 15) is 0 Å². The molecular weight excluding hydrogens is 224 g/mol. The summed E-state index contributed by atoms with van der Waals surface area (Å²) < 4.78 is 2.27. The van der Waals surface area contributed by atoms with E-state index in [0.29, 0.717) is 5.92 Å². The van der Waals surface area contributed by atoms with E-state index < -0.39 is 0 Å². The maximum atomic E-state index is 6.19. The number of rotatable bonds is 2. The molecule has 1 fully saturated rings. The number of hydrogen-bond donors (Lipinski definition) is 1. The Kier molecular flexibility index (Phi) is 3.16. The molecule has 1 aliphatic carbocycles. The van der Waals surface area contributed by atoms with Crippen LogP contribution in [0, 0.1) is 5.92 Å². The molecule has 4 heteroatoms. The Morgan fingerprint density at radius 1 is 1.44 bits per heavy atom. The zero-order chi connectivity index (χ0) is 12.6. The maximum absolute atomic E-state index is 6.19. The lowest BCUT2D eigenvalue weighted by Crippen LogP contribution is -2.60. The van der Waals surface area contributed by atoms with Gasteiger partial charge in [-0.05, 0) is 18.8 Å². The van der Waals surface area contributed by atoms with Crippen LogP contribution >= 0.6 is 0 Å². The van der Waals surface area contributed by atoms with Crippen LogP contribution in [0.1, 0.15) is 38.4 Å². The van der Waals surface area contributed by atoms with Crippen LogP contribution in [0.15, 0.2) is 12.4 Å². The summed E-state index contributed by atoms with van der Waals surface area (Å²) in [5.74, 6) is 1.91. The molecule has 4 nitrogen and oxygen atoms in total. The summed E-state index contributed by atoms with van der Waals surface area (Å²) in [5, 5.41) is 0. The predicted molar refractivity (Wildman–Crippen MR) is 72.1 cm³/mol. The van der Waals surface area contributed by atoms with Crippen LogP contribution in [-0.2, 0) is 13.1 Å². The van der Waals surface area contributed by atoms with E-state index in [1.54, 1.807) is 0 Å². The summed E-state index contributed by atoms with van der Waals surface area (Å²) >= 11 is 0. The van der Waals surface area contributed by atoms with Crippen LogP contribution in [0.5, 0.6) is 0 Å². The van der Waals surface area contributed by atoms with Gasteiger partial charge >= 0.3 is 0 Å². The lowest BCUT2D eigenvalue weighted by molar-refractivity contribution is -0.00684.